The fraction of sp³-hybridized carbons (Fsp3) is 0.231. The molecule has 0 saturated heterocycles. The van der Waals surface area contributed by atoms with Crippen LogP contribution in [0.1, 0.15) is 29.9 Å². The Morgan fingerprint density at radius 3 is 2.58 bits per heavy atom. The molecule has 0 radical (unpaired) electrons. The van der Waals surface area contributed by atoms with E-state index in [4.69, 9.17) is 5.26 Å². The molecule has 0 aliphatic rings. The fourth-order valence-corrected chi connectivity index (χ4v) is 1.54. The Balaban J connectivity index is 2.12. The number of hydrogen-bond acceptors (Lipinski definition) is 4. The summed E-state index contributed by atoms with van der Waals surface area (Å²) < 4.78 is 0. The molecule has 2 rings (SSSR count). The third-order valence-corrected chi connectivity index (χ3v) is 2.79. The Kier molecular flexibility index (Phi) is 3.29. The van der Waals surface area contributed by atoms with Gasteiger partial charge in [-0.05, 0) is 31.5 Å². The van der Waals surface area contributed by atoms with E-state index in [-0.39, 0.29) is 11.6 Å². The van der Waals surface area contributed by atoms with Crippen LogP contribution < -0.4 is 5.32 Å². The van der Waals surface area contributed by atoms with Crippen molar-refractivity contribution < 1.29 is 4.79 Å². The van der Waals surface area contributed by atoms with Gasteiger partial charge in [0.2, 0.25) is 0 Å². The minimum absolute atomic E-state index is 0.224. The third-order valence-electron chi connectivity index (χ3n) is 2.79. The Labute approximate surface area is 110 Å². The molecule has 0 bridgehead atoms. The lowest BCUT2D eigenvalue weighted by atomic mass is 9.86. The smallest absolute Gasteiger partial charge is 0.277 e. The molecule has 1 amide bonds. The molecule has 0 aliphatic carbocycles. The van der Waals surface area contributed by atoms with Crippen LogP contribution in [0.3, 0.4) is 0 Å². The molecule has 2 aromatic rings. The number of aromatic nitrogens is 3. The average Bonchev–Trinajstić information content (AvgIpc) is 2.93. The summed E-state index contributed by atoms with van der Waals surface area (Å²) in [5.74, 6) is -0.332. The molecule has 1 aromatic heterocycles. The van der Waals surface area contributed by atoms with Gasteiger partial charge in [-0.1, -0.05) is 12.1 Å². The topological polar surface area (TPSA) is 94.5 Å². The number of amides is 1. The van der Waals surface area contributed by atoms with Crippen molar-refractivity contribution in [1.29, 1.82) is 5.26 Å². The number of rotatable bonds is 3. The van der Waals surface area contributed by atoms with E-state index in [1.807, 2.05) is 26.0 Å². The number of benzene rings is 1. The van der Waals surface area contributed by atoms with Crippen LogP contribution >= 0.6 is 0 Å². The third kappa shape index (κ3) is 2.77. The first-order chi connectivity index (χ1) is 9.03. The zero-order chi connectivity index (χ0) is 13.9. The number of anilines is 1. The van der Waals surface area contributed by atoms with Crippen LogP contribution in [0, 0.1) is 11.3 Å². The largest absolute Gasteiger partial charge is 0.321 e. The van der Waals surface area contributed by atoms with Gasteiger partial charge in [-0.15, -0.1) is 0 Å². The maximum atomic E-state index is 11.7. The quantitative estimate of drug-likeness (QED) is 0.875. The molecule has 0 atom stereocenters. The van der Waals surface area contributed by atoms with E-state index in [0.29, 0.717) is 5.69 Å². The zero-order valence-corrected chi connectivity index (χ0v) is 10.6. The fourth-order valence-electron chi connectivity index (χ4n) is 1.54. The molecule has 0 saturated carbocycles. The Hall–Kier alpha value is -2.68. The maximum Gasteiger partial charge on any atom is 0.277 e. The van der Waals surface area contributed by atoms with Crippen LogP contribution in [-0.4, -0.2) is 21.3 Å². The van der Waals surface area contributed by atoms with E-state index in [1.165, 1.54) is 6.20 Å². The highest BCUT2D eigenvalue weighted by molar-refractivity contribution is 6.02. The van der Waals surface area contributed by atoms with E-state index in [9.17, 15) is 4.79 Å². The lowest BCUT2D eigenvalue weighted by Gasteiger charge is -2.15. The molecule has 0 fully saturated rings. The SMILES string of the molecule is CC(C)(C#N)c1ccc(NC(=O)c2cn[nH]n2)cc1. The zero-order valence-electron chi connectivity index (χ0n) is 10.6. The van der Waals surface area contributed by atoms with E-state index < -0.39 is 5.41 Å². The molecular weight excluding hydrogens is 242 g/mol. The van der Waals surface area contributed by atoms with Gasteiger partial charge in [-0.25, -0.2) is 0 Å². The van der Waals surface area contributed by atoms with Gasteiger partial charge in [0.15, 0.2) is 5.69 Å². The number of H-pyrrole nitrogens is 1. The molecule has 6 nitrogen and oxygen atoms in total. The van der Waals surface area contributed by atoms with Gasteiger partial charge in [-0.3, -0.25) is 4.79 Å². The number of carbonyl (C=O) groups excluding carboxylic acids is 1. The standard InChI is InChI=1S/C13H13N5O/c1-13(2,8-14)9-3-5-10(6-4-9)16-12(19)11-7-15-18-17-11/h3-7H,1-2H3,(H,16,19)(H,15,17,18). The minimum atomic E-state index is -0.547. The number of aromatic amines is 1. The summed E-state index contributed by atoms with van der Waals surface area (Å²) in [4.78, 5) is 11.7. The number of nitriles is 1. The normalized spacial score (nSPS) is 10.8. The maximum absolute atomic E-state index is 11.7. The summed E-state index contributed by atoms with van der Waals surface area (Å²) in [5, 5.41) is 21.4. The molecule has 96 valence electrons. The lowest BCUT2D eigenvalue weighted by molar-refractivity contribution is 0.102. The number of nitrogens with one attached hydrogen (secondary N) is 2. The van der Waals surface area contributed by atoms with Crippen molar-refractivity contribution in [2.45, 2.75) is 19.3 Å². The van der Waals surface area contributed by atoms with Crippen LogP contribution in [0.4, 0.5) is 5.69 Å². The van der Waals surface area contributed by atoms with Gasteiger partial charge in [0.1, 0.15) is 0 Å². The Morgan fingerprint density at radius 1 is 1.37 bits per heavy atom. The van der Waals surface area contributed by atoms with E-state index in [0.717, 1.165) is 5.56 Å². The highest BCUT2D eigenvalue weighted by atomic mass is 16.2. The van der Waals surface area contributed by atoms with Crippen molar-refractivity contribution in [3.63, 3.8) is 0 Å². The van der Waals surface area contributed by atoms with Crippen LogP contribution in [0.15, 0.2) is 30.5 Å². The van der Waals surface area contributed by atoms with E-state index in [1.54, 1.807) is 12.1 Å². The first kappa shape index (κ1) is 12.8. The second-order valence-electron chi connectivity index (χ2n) is 4.62. The predicted molar refractivity (Wildman–Crippen MR) is 69.4 cm³/mol. The molecule has 19 heavy (non-hydrogen) atoms. The van der Waals surface area contributed by atoms with Gasteiger partial charge in [0.25, 0.3) is 5.91 Å². The van der Waals surface area contributed by atoms with Crippen LogP contribution in [0.5, 0.6) is 0 Å². The summed E-state index contributed by atoms with van der Waals surface area (Å²) in [6.07, 6.45) is 1.35. The van der Waals surface area contributed by atoms with Gasteiger partial charge < -0.3 is 5.32 Å². The van der Waals surface area contributed by atoms with Gasteiger partial charge in [-0.2, -0.15) is 20.7 Å². The Morgan fingerprint density at radius 2 is 2.05 bits per heavy atom. The molecule has 0 spiro atoms. The summed E-state index contributed by atoms with van der Waals surface area (Å²) in [6, 6.07) is 9.39. The molecule has 1 heterocycles. The van der Waals surface area contributed by atoms with Crippen molar-refractivity contribution in [3.8, 4) is 6.07 Å². The first-order valence-electron chi connectivity index (χ1n) is 5.72. The highest BCUT2D eigenvalue weighted by Crippen LogP contribution is 2.23. The number of carbonyl (C=O) groups is 1. The Bertz CT molecular complexity index is 607. The lowest BCUT2D eigenvalue weighted by Crippen LogP contribution is -2.15. The van der Waals surface area contributed by atoms with Crippen molar-refractivity contribution in [3.05, 3.63) is 41.7 Å². The molecule has 6 heteroatoms. The van der Waals surface area contributed by atoms with Crippen LogP contribution in [-0.2, 0) is 5.41 Å². The first-order valence-corrected chi connectivity index (χ1v) is 5.72. The van der Waals surface area contributed by atoms with Crippen LogP contribution in [0.2, 0.25) is 0 Å². The monoisotopic (exact) mass is 255 g/mol. The minimum Gasteiger partial charge on any atom is -0.321 e. The number of nitrogens with zero attached hydrogens (tertiary/aromatic N) is 3. The predicted octanol–water partition coefficient (Wildman–Crippen LogP) is 1.86. The molecule has 1 aromatic carbocycles. The summed E-state index contributed by atoms with van der Waals surface area (Å²) in [5.41, 5.74) is 1.22. The molecular formula is C13H13N5O. The average molecular weight is 255 g/mol. The van der Waals surface area contributed by atoms with E-state index >= 15 is 0 Å². The second-order valence-corrected chi connectivity index (χ2v) is 4.62. The van der Waals surface area contributed by atoms with Crippen LogP contribution in [0.25, 0.3) is 0 Å². The molecule has 0 unspecified atom stereocenters. The molecule has 0 aliphatic heterocycles. The van der Waals surface area contributed by atoms with Crippen molar-refractivity contribution in [2.24, 2.45) is 0 Å². The van der Waals surface area contributed by atoms with Crippen molar-refractivity contribution in [1.82, 2.24) is 15.4 Å². The van der Waals surface area contributed by atoms with Gasteiger partial charge in [0, 0.05) is 5.69 Å². The van der Waals surface area contributed by atoms with E-state index in [2.05, 4.69) is 26.8 Å². The summed E-state index contributed by atoms with van der Waals surface area (Å²) >= 11 is 0. The molecule has 2 N–H and O–H groups in total. The van der Waals surface area contributed by atoms with Gasteiger partial charge in [0.05, 0.1) is 17.7 Å². The van der Waals surface area contributed by atoms with Crippen molar-refractivity contribution >= 4 is 11.6 Å². The number of hydrogen-bond donors (Lipinski definition) is 2. The summed E-state index contributed by atoms with van der Waals surface area (Å²) in [7, 11) is 0. The summed E-state index contributed by atoms with van der Waals surface area (Å²) in [6.45, 7) is 3.69. The van der Waals surface area contributed by atoms with Gasteiger partial charge >= 0.3 is 0 Å². The second kappa shape index (κ2) is 4.90. The highest BCUT2D eigenvalue weighted by Gasteiger charge is 2.19. The van der Waals surface area contributed by atoms with Crippen molar-refractivity contribution in [2.75, 3.05) is 5.32 Å².